The molecule has 1 N–H and O–H groups in total. The average Bonchev–Trinajstić information content (AvgIpc) is 3.14. The lowest BCUT2D eigenvalue weighted by Crippen LogP contribution is -2.69. The van der Waals surface area contributed by atoms with Gasteiger partial charge in [0, 0.05) is 69.2 Å². The summed E-state index contributed by atoms with van der Waals surface area (Å²) in [5, 5.41) is 11.4. The monoisotopic (exact) mass is 924 g/mol. The number of carbonyl (C=O) groups is 10. The molecule has 0 radical (unpaired) electrons. The fourth-order valence-electron chi connectivity index (χ4n) is 6.77. The number of carbonyl (C=O) groups excluding carboxylic acids is 10. The Bertz CT molecular complexity index is 1730. The smallest absolute Gasteiger partial charge is 0.303 e. The van der Waals surface area contributed by atoms with Crippen LogP contribution in [0, 0.1) is 0 Å². The van der Waals surface area contributed by atoms with Crippen molar-refractivity contribution in [2.45, 2.75) is 161 Å². The number of rotatable bonds is 17. The van der Waals surface area contributed by atoms with E-state index in [9.17, 15) is 53.1 Å². The van der Waals surface area contributed by atoms with Crippen molar-refractivity contribution in [3.05, 3.63) is 0 Å². The first-order chi connectivity index (χ1) is 29.9. The van der Waals surface area contributed by atoms with Crippen molar-refractivity contribution in [3.63, 3.8) is 0 Å². The quantitative estimate of drug-likeness (QED) is 0.123. The van der Waals surface area contributed by atoms with Crippen molar-refractivity contribution < 1.29 is 124 Å². The normalized spacial score (nSPS) is 32.3. The summed E-state index contributed by atoms with van der Waals surface area (Å²) in [5.41, 5.74) is 0. The molecule has 0 spiro atoms. The standard InChI is InChI=1S/C38H52O26/c1-14(39)50-11-24-27(53-17(4)42)30(56-20(7)45)33(36(49)60-24)64-38-35(59-23(10)48)32(29(55-19(6)44)26(62-38)13-52-16(3)41)63-37-34(58-22(9)47)31(57-21(8)46)28(54-18(5)43)25(61-37)12-51-15(2)40/h24-38,49H,11-13H2,1-10H3/t24?,25?,26?,27-,28-,29-,30+,31+,32+,33?,34?,35?,36+,37-,38-/m1/s1. The number of aliphatic hydroxyl groups is 1. The summed E-state index contributed by atoms with van der Waals surface area (Å²) in [6, 6.07) is 0. The molecule has 3 aliphatic rings. The predicted molar refractivity (Wildman–Crippen MR) is 197 cm³/mol. The van der Waals surface area contributed by atoms with E-state index >= 15 is 0 Å². The van der Waals surface area contributed by atoms with E-state index in [0.717, 1.165) is 69.2 Å². The zero-order valence-electron chi connectivity index (χ0n) is 36.4. The van der Waals surface area contributed by atoms with Gasteiger partial charge in [-0.15, -0.1) is 0 Å². The van der Waals surface area contributed by atoms with E-state index in [4.69, 9.17) is 71.1 Å². The van der Waals surface area contributed by atoms with Gasteiger partial charge in [-0.1, -0.05) is 0 Å². The van der Waals surface area contributed by atoms with Crippen molar-refractivity contribution in [2.75, 3.05) is 19.8 Å². The summed E-state index contributed by atoms with van der Waals surface area (Å²) >= 11 is 0. The highest BCUT2D eigenvalue weighted by molar-refractivity contribution is 5.70. The molecule has 15 atom stereocenters. The first kappa shape index (κ1) is 52.8. The Hall–Kier alpha value is -5.54. The molecule has 3 saturated heterocycles. The molecule has 0 aromatic carbocycles. The highest BCUT2D eigenvalue weighted by atomic mass is 16.8. The highest BCUT2D eigenvalue weighted by Gasteiger charge is 2.60. The zero-order valence-corrected chi connectivity index (χ0v) is 36.4. The van der Waals surface area contributed by atoms with Crippen LogP contribution >= 0.6 is 0 Å². The maximum absolute atomic E-state index is 12.9. The van der Waals surface area contributed by atoms with E-state index in [1.165, 1.54) is 0 Å². The average molecular weight is 925 g/mol. The van der Waals surface area contributed by atoms with Crippen molar-refractivity contribution in [1.82, 2.24) is 0 Å². The van der Waals surface area contributed by atoms with Crippen molar-refractivity contribution in [2.24, 2.45) is 0 Å². The second kappa shape index (κ2) is 23.9. The first-order valence-electron chi connectivity index (χ1n) is 19.4. The van der Waals surface area contributed by atoms with Gasteiger partial charge >= 0.3 is 59.7 Å². The molecule has 3 aliphatic heterocycles. The minimum Gasteiger partial charge on any atom is -0.463 e. The lowest BCUT2D eigenvalue weighted by Gasteiger charge is -2.50. The summed E-state index contributed by atoms with van der Waals surface area (Å²) in [5.74, 6) is -9.58. The highest BCUT2D eigenvalue weighted by Crippen LogP contribution is 2.38. The third kappa shape index (κ3) is 15.6. The lowest BCUT2D eigenvalue weighted by atomic mass is 9.95. The van der Waals surface area contributed by atoms with Crippen LogP contribution in [0.1, 0.15) is 69.2 Å². The van der Waals surface area contributed by atoms with E-state index in [1.807, 2.05) is 0 Å². The van der Waals surface area contributed by atoms with Gasteiger partial charge in [0.2, 0.25) is 0 Å². The number of esters is 10. The molecular formula is C38H52O26. The number of hydrogen-bond donors (Lipinski definition) is 1. The molecule has 3 fully saturated rings. The maximum atomic E-state index is 12.9. The molecule has 3 heterocycles. The second-order valence-corrected chi connectivity index (χ2v) is 14.3. The van der Waals surface area contributed by atoms with Gasteiger partial charge in [-0.25, -0.2) is 0 Å². The van der Waals surface area contributed by atoms with Gasteiger partial charge in [0.05, 0.1) is 0 Å². The van der Waals surface area contributed by atoms with E-state index < -0.39 is 172 Å². The topological polar surface area (TPSA) is 329 Å². The molecule has 0 amide bonds. The van der Waals surface area contributed by atoms with Gasteiger partial charge in [0.15, 0.2) is 67.7 Å². The number of ether oxygens (including phenoxy) is 15. The molecule has 6 unspecified atom stereocenters. The van der Waals surface area contributed by atoms with E-state index in [1.54, 1.807) is 0 Å². The lowest BCUT2D eigenvalue weighted by molar-refractivity contribution is -0.383. The van der Waals surface area contributed by atoms with Gasteiger partial charge in [0.1, 0.15) is 44.2 Å². The van der Waals surface area contributed by atoms with Gasteiger partial charge in [-0.05, 0) is 0 Å². The largest absolute Gasteiger partial charge is 0.463 e. The van der Waals surface area contributed by atoms with Crippen LogP contribution in [0.2, 0.25) is 0 Å². The Morgan fingerprint density at radius 2 is 0.578 bits per heavy atom. The van der Waals surface area contributed by atoms with Crippen LogP contribution in [0.15, 0.2) is 0 Å². The Morgan fingerprint density at radius 1 is 0.328 bits per heavy atom. The minimum atomic E-state index is -2.16. The van der Waals surface area contributed by atoms with Crippen molar-refractivity contribution in [3.8, 4) is 0 Å². The van der Waals surface area contributed by atoms with E-state index in [0.29, 0.717) is 0 Å². The molecule has 0 saturated carbocycles. The van der Waals surface area contributed by atoms with E-state index in [2.05, 4.69) is 0 Å². The van der Waals surface area contributed by atoms with E-state index in [-0.39, 0.29) is 0 Å². The van der Waals surface area contributed by atoms with Crippen LogP contribution in [0.3, 0.4) is 0 Å². The molecular weight excluding hydrogens is 872 g/mol. The van der Waals surface area contributed by atoms with Crippen LogP contribution in [0.4, 0.5) is 0 Å². The SMILES string of the molecule is CC(=O)OCC1O[C@H](O[C@@H]2C(OC(C)=O)[C@@H](OC3[C@@H](OC(C)=O)[C@H](OC(C)=O)C(COC(C)=O)O[C@@H]3O)OC(COC(C)=O)[C@H]2OC(C)=O)C(OC(C)=O)[C@@H](OC(C)=O)[C@@H]1OC(C)=O. The maximum Gasteiger partial charge on any atom is 0.303 e. The molecule has 26 nitrogen and oxygen atoms in total. The predicted octanol–water partition coefficient (Wildman–Crippen LogP) is -1.86. The van der Waals surface area contributed by atoms with Gasteiger partial charge in [-0.2, -0.15) is 0 Å². The summed E-state index contributed by atoms with van der Waals surface area (Å²) < 4.78 is 84.1. The Morgan fingerprint density at radius 3 is 0.906 bits per heavy atom. The summed E-state index contributed by atoms with van der Waals surface area (Å²) in [7, 11) is 0. The molecule has 26 heteroatoms. The van der Waals surface area contributed by atoms with Crippen LogP contribution < -0.4 is 0 Å². The van der Waals surface area contributed by atoms with Crippen molar-refractivity contribution >= 4 is 59.7 Å². The zero-order chi connectivity index (χ0) is 48.2. The number of aliphatic hydroxyl groups excluding tert-OH is 1. The molecule has 0 aromatic rings. The fraction of sp³-hybridized carbons (Fsp3) is 0.737. The molecule has 360 valence electrons. The van der Waals surface area contributed by atoms with Crippen LogP contribution in [-0.2, 0) is 119 Å². The molecule has 0 aliphatic carbocycles. The minimum absolute atomic E-state index is 0.634. The Balaban J connectivity index is 2.29. The third-order valence-electron chi connectivity index (χ3n) is 8.84. The summed E-state index contributed by atoms with van der Waals surface area (Å²) in [6.07, 6.45) is -27.6. The van der Waals surface area contributed by atoms with Gasteiger partial charge < -0.3 is 76.2 Å². The fourth-order valence-corrected chi connectivity index (χ4v) is 6.77. The number of hydrogen-bond acceptors (Lipinski definition) is 26. The van der Waals surface area contributed by atoms with Crippen LogP contribution in [-0.4, -0.2) is 177 Å². The molecule has 0 bridgehead atoms. The first-order valence-corrected chi connectivity index (χ1v) is 19.4. The molecule has 0 aromatic heterocycles. The third-order valence-corrected chi connectivity index (χ3v) is 8.84. The summed E-state index contributed by atoms with van der Waals surface area (Å²) in [4.78, 5) is 124. The van der Waals surface area contributed by atoms with Gasteiger partial charge in [-0.3, -0.25) is 47.9 Å². The van der Waals surface area contributed by atoms with Crippen LogP contribution in [0.25, 0.3) is 0 Å². The second-order valence-electron chi connectivity index (χ2n) is 14.3. The Labute approximate surface area is 364 Å². The summed E-state index contributed by atoms with van der Waals surface area (Å²) in [6.45, 7) is 7.73. The van der Waals surface area contributed by atoms with Crippen LogP contribution in [0.5, 0.6) is 0 Å². The Kier molecular flexibility index (Phi) is 19.8. The van der Waals surface area contributed by atoms with Crippen molar-refractivity contribution in [1.29, 1.82) is 0 Å². The van der Waals surface area contributed by atoms with Gasteiger partial charge in [0.25, 0.3) is 0 Å². The molecule has 64 heavy (non-hydrogen) atoms. The molecule has 3 rings (SSSR count).